The van der Waals surface area contributed by atoms with E-state index >= 15 is 0 Å². The molecular weight excluding hydrogens is 441 g/mol. The Balaban J connectivity index is 1.61. The second kappa shape index (κ2) is 7.96. The van der Waals surface area contributed by atoms with Gasteiger partial charge in [0, 0.05) is 18.7 Å². The molecule has 0 saturated carbocycles. The standard InChI is InChI=1S/C18H15ClFN3O4S2/c19-13-3-1-11(9-16(13)29(25,26)23-5-7-27-8-6-23)17(24)22-18-21-14-4-2-12(20)10-15(14)28-18/h1-4,9-10H,5-8H2,(H,21,22,24). The van der Waals surface area contributed by atoms with Gasteiger partial charge in [0.2, 0.25) is 10.0 Å². The molecule has 1 aromatic heterocycles. The van der Waals surface area contributed by atoms with Crippen molar-refractivity contribution in [2.75, 3.05) is 31.6 Å². The zero-order valence-corrected chi connectivity index (χ0v) is 17.3. The molecule has 7 nitrogen and oxygen atoms in total. The van der Waals surface area contributed by atoms with Crippen molar-refractivity contribution in [1.29, 1.82) is 0 Å². The minimum Gasteiger partial charge on any atom is -0.379 e. The normalized spacial score (nSPS) is 15.5. The smallest absolute Gasteiger partial charge is 0.257 e. The fourth-order valence-corrected chi connectivity index (χ4v) is 5.68. The number of amides is 1. The monoisotopic (exact) mass is 455 g/mol. The summed E-state index contributed by atoms with van der Waals surface area (Å²) in [6.45, 7) is 1.04. The summed E-state index contributed by atoms with van der Waals surface area (Å²) < 4.78 is 46.2. The molecule has 1 N–H and O–H groups in total. The highest BCUT2D eigenvalue weighted by Gasteiger charge is 2.29. The first-order valence-corrected chi connectivity index (χ1v) is 11.2. The number of carbonyl (C=O) groups is 1. The molecule has 29 heavy (non-hydrogen) atoms. The van der Waals surface area contributed by atoms with Gasteiger partial charge in [-0.3, -0.25) is 10.1 Å². The Labute approximate surface area is 175 Å². The predicted molar refractivity (Wildman–Crippen MR) is 109 cm³/mol. The van der Waals surface area contributed by atoms with Gasteiger partial charge >= 0.3 is 0 Å². The van der Waals surface area contributed by atoms with E-state index in [1.54, 1.807) is 0 Å². The molecule has 1 aliphatic heterocycles. The number of anilines is 1. The Hall–Kier alpha value is -2.11. The predicted octanol–water partition coefficient (Wildman–Crippen LogP) is 3.36. The second-order valence-corrected chi connectivity index (χ2v) is 9.59. The molecule has 2 heterocycles. The van der Waals surface area contributed by atoms with Gasteiger partial charge in [-0.2, -0.15) is 4.31 Å². The van der Waals surface area contributed by atoms with Crippen molar-refractivity contribution < 1.29 is 22.3 Å². The summed E-state index contributed by atoms with van der Waals surface area (Å²) in [7, 11) is -3.86. The quantitative estimate of drug-likeness (QED) is 0.651. The lowest BCUT2D eigenvalue weighted by molar-refractivity contribution is 0.0730. The van der Waals surface area contributed by atoms with Crippen LogP contribution in [-0.4, -0.2) is 49.9 Å². The first-order chi connectivity index (χ1) is 13.8. The molecule has 2 aromatic carbocycles. The van der Waals surface area contributed by atoms with E-state index in [0.717, 1.165) is 11.3 Å². The number of halogens is 2. The zero-order valence-electron chi connectivity index (χ0n) is 14.9. The molecule has 4 rings (SSSR count). The SMILES string of the molecule is O=C(Nc1nc2ccc(F)cc2s1)c1ccc(Cl)c(S(=O)(=O)N2CCOCC2)c1. The topological polar surface area (TPSA) is 88.6 Å². The van der Waals surface area contributed by atoms with Gasteiger partial charge in [-0.15, -0.1) is 0 Å². The molecule has 1 saturated heterocycles. The molecule has 0 radical (unpaired) electrons. The van der Waals surface area contributed by atoms with Crippen molar-refractivity contribution in [3.63, 3.8) is 0 Å². The second-order valence-electron chi connectivity index (χ2n) is 6.25. The van der Waals surface area contributed by atoms with Crippen LogP contribution in [-0.2, 0) is 14.8 Å². The molecule has 1 amide bonds. The molecule has 11 heteroatoms. The third-order valence-corrected chi connectivity index (χ3v) is 7.67. The van der Waals surface area contributed by atoms with Gasteiger partial charge in [0.05, 0.1) is 28.5 Å². The van der Waals surface area contributed by atoms with Gasteiger partial charge in [-0.1, -0.05) is 22.9 Å². The zero-order chi connectivity index (χ0) is 20.6. The van der Waals surface area contributed by atoms with E-state index in [2.05, 4.69) is 10.3 Å². The maximum atomic E-state index is 13.3. The third kappa shape index (κ3) is 4.12. The fourth-order valence-electron chi connectivity index (χ4n) is 2.89. The molecule has 1 fully saturated rings. The number of thiazole rings is 1. The van der Waals surface area contributed by atoms with Crippen LogP contribution < -0.4 is 5.32 Å². The van der Waals surface area contributed by atoms with Crippen LogP contribution >= 0.6 is 22.9 Å². The average Bonchev–Trinajstić information content (AvgIpc) is 3.10. The first kappa shape index (κ1) is 20.2. The molecule has 1 aliphatic rings. The van der Waals surface area contributed by atoms with Crippen LogP contribution in [0.4, 0.5) is 9.52 Å². The highest BCUT2D eigenvalue weighted by molar-refractivity contribution is 7.89. The van der Waals surface area contributed by atoms with E-state index in [0.29, 0.717) is 23.4 Å². The third-order valence-electron chi connectivity index (χ3n) is 4.35. The maximum absolute atomic E-state index is 13.3. The van der Waals surface area contributed by atoms with Crippen LogP contribution in [0.1, 0.15) is 10.4 Å². The van der Waals surface area contributed by atoms with Crippen LogP contribution in [0.3, 0.4) is 0 Å². The van der Waals surface area contributed by atoms with Crippen molar-refractivity contribution in [1.82, 2.24) is 9.29 Å². The summed E-state index contributed by atoms with van der Waals surface area (Å²) in [4.78, 5) is 16.7. The van der Waals surface area contributed by atoms with E-state index in [1.165, 1.54) is 40.7 Å². The molecule has 0 unspecified atom stereocenters. The van der Waals surface area contributed by atoms with E-state index in [1.807, 2.05) is 0 Å². The van der Waals surface area contributed by atoms with Gasteiger partial charge in [0.15, 0.2) is 5.13 Å². The minimum atomic E-state index is -3.86. The Kier molecular flexibility index (Phi) is 5.54. The van der Waals surface area contributed by atoms with Crippen LogP contribution in [0.2, 0.25) is 5.02 Å². The molecule has 0 spiro atoms. The lowest BCUT2D eigenvalue weighted by Crippen LogP contribution is -2.40. The van der Waals surface area contributed by atoms with Crippen molar-refractivity contribution in [2.45, 2.75) is 4.90 Å². The highest BCUT2D eigenvalue weighted by atomic mass is 35.5. The summed E-state index contributed by atoms with van der Waals surface area (Å²) >= 11 is 7.24. The maximum Gasteiger partial charge on any atom is 0.257 e. The molecule has 0 bridgehead atoms. The Bertz CT molecular complexity index is 1190. The minimum absolute atomic E-state index is 0.0310. The van der Waals surface area contributed by atoms with Crippen LogP contribution in [0.5, 0.6) is 0 Å². The summed E-state index contributed by atoms with van der Waals surface area (Å²) in [5, 5.41) is 2.93. The largest absolute Gasteiger partial charge is 0.379 e. The van der Waals surface area contributed by atoms with Crippen molar-refractivity contribution in [2.24, 2.45) is 0 Å². The van der Waals surface area contributed by atoms with Crippen molar-refractivity contribution in [3.8, 4) is 0 Å². The van der Waals surface area contributed by atoms with Crippen LogP contribution in [0, 0.1) is 5.82 Å². The number of morpholine rings is 1. The summed E-state index contributed by atoms with van der Waals surface area (Å²) in [6.07, 6.45) is 0. The van der Waals surface area contributed by atoms with E-state index < -0.39 is 21.7 Å². The number of carbonyl (C=O) groups excluding carboxylic acids is 1. The Morgan fingerprint density at radius 3 is 2.72 bits per heavy atom. The van der Waals surface area contributed by atoms with E-state index in [-0.39, 0.29) is 33.7 Å². The number of rotatable bonds is 4. The number of fused-ring (bicyclic) bond motifs is 1. The highest BCUT2D eigenvalue weighted by Crippen LogP contribution is 2.29. The van der Waals surface area contributed by atoms with Crippen LogP contribution in [0.15, 0.2) is 41.3 Å². The summed E-state index contributed by atoms with van der Waals surface area (Å²) in [5.74, 6) is -0.936. The summed E-state index contributed by atoms with van der Waals surface area (Å²) in [5.41, 5.74) is 0.671. The number of aromatic nitrogens is 1. The van der Waals surface area contributed by atoms with Gasteiger partial charge in [-0.05, 0) is 36.4 Å². The fraction of sp³-hybridized carbons (Fsp3) is 0.222. The lowest BCUT2D eigenvalue weighted by Gasteiger charge is -2.26. The van der Waals surface area contributed by atoms with Crippen molar-refractivity contribution >= 4 is 54.2 Å². The van der Waals surface area contributed by atoms with Crippen LogP contribution in [0.25, 0.3) is 10.2 Å². The number of sulfonamides is 1. The molecule has 3 aromatic rings. The Morgan fingerprint density at radius 1 is 1.21 bits per heavy atom. The number of hydrogen-bond acceptors (Lipinski definition) is 6. The first-order valence-electron chi connectivity index (χ1n) is 8.59. The van der Waals surface area contributed by atoms with Gasteiger partial charge in [0.25, 0.3) is 5.91 Å². The number of ether oxygens (including phenoxy) is 1. The van der Waals surface area contributed by atoms with Crippen molar-refractivity contribution in [3.05, 3.63) is 52.8 Å². The molecule has 0 aliphatic carbocycles. The number of nitrogens with zero attached hydrogens (tertiary/aromatic N) is 2. The van der Waals surface area contributed by atoms with Gasteiger partial charge in [0.1, 0.15) is 10.7 Å². The van der Waals surface area contributed by atoms with Gasteiger partial charge < -0.3 is 4.74 Å². The lowest BCUT2D eigenvalue weighted by atomic mass is 10.2. The number of nitrogens with one attached hydrogen (secondary N) is 1. The number of benzene rings is 2. The summed E-state index contributed by atoms with van der Waals surface area (Å²) in [6, 6.07) is 8.19. The van der Waals surface area contributed by atoms with E-state index in [9.17, 15) is 17.6 Å². The number of hydrogen-bond donors (Lipinski definition) is 1. The Morgan fingerprint density at radius 2 is 1.97 bits per heavy atom. The molecular formula is C18H15ClFN3O4S2. The van der Waals surface area contributed by atoms with Gasteiger partial charge in [-0.25, -0.2) is 17.8 Å². The molecule has 152 valence electrons. The molecule has 0 atom stereocenters. The average molecular weight is 456 g/mol. The van der Waals surface area contributed by atoms with E-state index in [4.69, 9.17) is 16.3 Å².